The van der Waals surface area contributed by atoms with Gasteiger partial charge in [0.2, 0.25) is 0 Å². The van der Waals surface area contributed by atoms with E-state index in [1.165, 1.54) is 0 Å². The van der Waals surface area contributed by atoms with Crippen LogP contribution < -0.4 is 0 Å². The van der Waals surface area contributed by atoms with Gasteiger partial charge in [-0.25, -0.2) is 9.97 Å². The number of aryl methyl sites for hydroxylation is 1. The molecule has 0 aliphatic heterocycles. The number of fused-ring (bicyclic) bond motifs is 1. The first-order valence-electron chi connectivity index (χ1n) is 6.47. The summed E-state index contributed by atoms with van der Waals surface area (Å²) in [7, 11) is 1.72. The van der Waals surface area contributed by atoms with Crippen LogP contribution in [0.4, 0.5) is 0 Å². The molecule has 0 radical (unpaired) electrons. The smallest absolute Gasteiger partial charge is 0.160 e. The maximum Gasteiger partial charge on any atom is 0.160 e. The summed E-state index contributed by atoms with van der Waals surface area (Å²) in [6.45, 7) is 6.95. The van der Waals surface area contributed by atoms with Crippen LogP contribution in [-0.4, -0.2) is 28.3 Å². The number of aromatic nitrogens is 3. The van der Waals surface area contributed by atoms with Gasteiger partial charge in [-0.15, -0.1) is 11.6 Å². The molecule has 0 saturated heterocycles. The fourth-order valence-corrected chi connectivity index (χ4v) is 2.48. The van der Waals surface area contributed by atoms with Crippen molar-refractivity contribution in [1.82, 2.24) is 14.5 Å². The molecule has 0 amide bonds. The van der Waals surface area contributed by atoms with Crippen LogP contribution in [0.2, 0.25) is 0 Å². The summed E-state index contributed by atoms with van der Waals surface area (Å²) in [6, 6.07) is 4.16. The van der Waals surface area contributed by atoms with Gasteiger partial charge in [0.1, 0.15) is 11.3 Å². The standard InChI is InChI=1S/C14H20ClN3O/c1-9(2)12(8-19-4)18-13(7-15)17-11-6-5-10(3)16-14(11)18/h5-6,9,12H,7-8H2,1-4H3. The highest BCUT2D eigenvalue weighted by Crippen LogP contribution is 2.26. The van der Waals surface area contributed by atoms with E-state index in [4.69, 9.17) is 16.3 Å². The van der Waals surface area contributed by atoms with Crippen molar-refractivity contribution in [2.45, 2.75) is 32.7 Å². The summed E-state index contributed by atoms with van der Waals surface area (Å²) < 4.78 is 7.48. The molecule has 19 heavy (non-hydrogen) atoms. The van der Waals surface area contributed by atoms with Crippen LogP contribution in [0.25, 0.3) is 11.2 Å². The highest BCUT2D eigenvalue weighted by atomic mass is 35.5. The molecule has 4 nitrogen and oxygen atoms in total. The summed E-state index contributed by atoms with van der Waals surface area (Å²) in [5.74, 6) is 1.65. The Kier molecular flexibility index (Phi) is 4.42. The Balaban J connectivity index is 2.63. The van der Waals surface area contributed by atoms with E-state index < -0.39 is 0 Å². The number of imidazole rings is 1. The predicted octanol–water partition coefficient (Wildman–Crippen LogP) is 3.32. The van der Waals surface area contributed by atoms with E-state index in [9.17, 15) is 0 Å². The van der Waals surface area contributed by atoms with Crippen molar-refractivity contribution in [1.29, 1.82) is 0 Å². The molecule has 0 aliphatic carbocycles. The number of alkyl halides is 1. The fourth-order valence-electron chi connectivity index (χ4n) is 2.29. The number of rotatable bonds is 5. The summed E-state index contributed by atoms with van der Waals surface area (Å²) in [5.41, 5.74) is 2.77. The second-order valence-electron chi connectivity index (χ2n) is 5.09. The summed E-state index contributed by atoms with van der Waals surface area (Å²) in [5, 5.41) is 0. The van der Waals surface area contributed by atoms with Crippen molar-refractivity contribution in [3.63, 3.8) is 0 Å². The number of ether oxygens (including phenoxy) is 1. The molecule has 2 heterocycles. The molecule has 2 rings (SSSR count). The molecule has 0 aliphatic rings. The molecule has 1 atom stereocenters. The van der Waals surface area contributed by atoms with Crippen molar-refractivity contribution in [3.8, 4) is 0 Å². The third-order valence-corrected chi connectivity index (χ3v) is 3.55. The topological polar surface area (TPSA) is 39.9 Å². The van der Waals surface area contributed by atoms with Crippen LogP contribution in [0.3, 0.4) is 0 Å². The molecule has 2 aromatic heterocycles. The Bertz CT molecular complexity index is 565. The Morgan fingerprint density at radius 1 is 1.32 bits per heavy atom. The van der Waals surface area contributed by atoms with Crippen LogP contribution in [-0.2, 0) is 10.6 Å². The van der Waals surface area contributed by atoms with Gasteiger partial charge in [0.25, 0.3) is 0 Å². The van der Waals surface area contributed by atoms with E-state index in [-0.39, 0.29) is 6.04 Å². The second-order valence-corrected chi connectivity index (χ2v) is 5.36. The first-order valence-corrected chi connectivity index (χ1v) is 7.01. The van der Waals surface area contributed by atoms with Crippen LogP contribution in [0.15, 0.2) is 12.1 Å². The zero-order valence-corrected chi connectivity index (χ0v) is 12.6. The molecule has 5 heteroatoms. The minimum atomic E-state index is 0.193. The van der Waals surface area contributed by atoms with Crippen LogP contribution >= 0.6 is 11.6 Å². The molecular formula is C14H20ClN3O. The molecule has 104 valence electrons. The van der Waals surface area contributed by atoms with Crippen LogP contribution in [0.5, 0.6) is 0 Å². The molecule has 0 aromatic carbocycles. The van der Waals surface area contributed by atoms with Gasteiger partial charge in [-0.1, -0.05) is 13.8 Å². The van der Waals surface area contributed by atoms with E-state index in [1.54, 1.807) is 7.11 Å². The van der Waals surface area contributed by atoms with Gasteiger partial charge in [-0.3, -0.25) is 0 Å². The summed E-state index contributed by atoms with van der Waals surface area (Å²) in [6.07, 6.45) is 0. The number of halogens is 1. The molecular weight excluding hydrogens is 262 g/mol. The SMILES string of the molecule is COCC(C(C)C)n1c(CCl)nc2ccc(C)nc21. The molecule has 0 N–H and O–H groups in total. The second kappa shape index (κ2) is 5.88. The largest absolute Gasteiger partial charge is 0.383 e. The Morgan fingerprint density at radius 2 is 2.05 bits per heavy atom. The zero-order chi connectivity index (χ0) is 14.0. The minimum Gasteiger partial charge on any atom is -0.383 e. The average Bonchev–Trinajstić information content (AvgIpc) is 2.73. The van der Waals surface area contributed by atoms with Gasteiger partial charge >= 0.3 is 0 Å². The van der Waals surface area contributed by atoms with Gasteiger partial charge in [0, 0.05) is 12.8 Å². The quantitative estimate of drug-likeness (QED) is 0.789. The monoisotopic (exact) mass is 281 g/mol. The first kappa shape index (κ1) is 14.3. The number of methoxy groups -OCH3 is 1. The normalized spacial score (nSPS) is 13.4. The van der Waals surface area contributed by atoms with Crippen molar-refractivity contribution in [3.05, 3.63) is 23.7 Å². The minimum absolute atomic E-state index is 0.193. The highest BCUT2D eigenvalue weighted by Gasteiger charge is 2.22. The van der Waals surface area contributed by atoms with E-state index in [0.717, 1.165) is 22.7 Å². The third kappa shape index (κ3) is 2.74. The molecule has 1 unspecified atom stereocenters. The molecule has 2 aromatic rings. The lowest BCUT2D eigenvalue weighted by Crippen LogP contribution is -2.22. The van der Waals surface area contributed by atoms with Crippen molar-refractivity contribution in [2.24, 2.45) is 5.92 Å². The number of pyridine rings is 1. The van der Waals surface area contributed by atoms with Crippen LogP contribution in [0, 0.1) is 12.8 Å². The Morgan fingerprint density at radius 3 is 2.63 bits per heavy atom. The third-order valence-electron chi connectivity index (χ3n) is 3.31. The van der Waals surface area contributed by atoms with Gasteiger partial charge in [0.05, 0.1) is 18.5 Å². The lowest BCUT2D eigenvalue weighted by Gasteiger charge is -2.23. The molecule has 0 spiro atoms. The predicted molar refractivity (Wildman–Crippen MR) is 77.6 cm³/mol. The number of hydrogen-bond donors (Lipinski definition) is 0. The van der Waals surface area contributed by atoms with Gasteiger partial charge in [-0.2, -0.15) is 0 Å². The number of hydrogen-bond acceptors (Lipinski definition) is 3. The highest BCUT2D eigenvalue weighted by molar-refractivity contribution is 6.16. The zero-order valence-electron chi connectivity index (χ0n) is 11.9. The molecule has 0 saturated carbocycles. The van der Waals surface area contributed by atoms with E-state index >= 15 is 0 Å². The van der Waals surface area contributed by atoms with E-state index in [1.807, 2.05) is 19.1 Å². The maximum absolute atomic E-state index is 6.04. The van der Waals surface area contributed by atoms with Gasteiger partial charge < -0.3 is 9.30 Å². The fraction of sp³-hybridized carbons (Fsp3) is 0.571. The van der Waals surface area contributed by atoms with E-state index in [0.29, 0.717) is 18.4 Å². The van der Waals surface area contributed by atoms with Crippen molar-refractivity contribution in [2.75, 3.05) is 13.7 Å². The summed E-state index contributed by atoms with van der Waals surface area (Å²) >= 11 is 6.04. The Hall–Kier alpha value is -1.13. The van der Waals surface area contributed by atoms with E-state index in [2.05, 4.69) is 28.4 Å². The summed E-state index contributed by atoms with van der Waals surface area (Å²) in [4.78, 5) is 9.19. The van der Waals surface area contributed by atoms with Crippen LogP contribution in [0.1, 0.15) is 31.4 Å². The lowest BCUT2D eigenvalue weighted by atomic mass is 10.1. The van der Waals surface area contributed by atoms with Crippen molar-refractivity contribution < 1.29 is 4.74 Å². The lowest BCUT2D eigenvalue weighted by molar-refractivity contribution is 0.133. The number of nitrogens with zero attached hydrogens (tertiary/aromatic N) is 3. The van der Waals surface area contributed by atoms with Crippen molar-refractivity contribution >= 4 is 22.8 Å². The maximum atomic E-state index is 6.04. The van der Waals surface area contributed by atoms with Gasteiger partial charge in [-0.05, 0) is 25.0 Å². The Labute approximate surface area is 118 Å². The van der Waals surface area contributed by atoms with Gasteiger partial charge in [0.15, 0.2) is 5.65 Å². The average molecular weight is 282 g/mol. The first-order chi connectivity index (χ1) is 9.08. The molecule has 0 bridgehead atoms. The molecule has 0 fully saturated rings.